The quantitative estimate of drug-likeness (QED) is 0.747. The summed E-state index contributed by atoms with van der Waals surface area (Å²) >= 11 is 5.75. The number of alkyl halides is 1. The summed E-state index contributed by atoms with van der Waals surface area (Å²) in [4.78, 5) is 3.88. The van der Waals surface area contributed by atoms with Crippen molar-refractivity contribution in [3.63, 3.8) is 0 Å². The van der Waals surface area contributed by atoms with Gasteiger partial charge in [0, 0.05) is 0 Å². The standard InChI is InChI=1S/C11H8ClF2NO/c1-6(12)11-15-5-9(16-11)7-3-2-4-8(13)10(7)14/h2-6H,1H3. The van der Waals surface area contributed by atoms with Gasteiger partial charge >= 0.3 is 0 Å². The van der Waals surface area contributed by atoms with E-state index >= 15 is 0 Å². The van der Waals surface area contributed by atoms with Gasteiger partial charge in [0.05, 0.1) is 11.8 Å². The van der Waals surface area contributed by atoms with Crippen LogP contribution in [0.4, 0.5) is 8.78 Å². The van der Waals surface area contributed by atoms with Gasteiger partial charge < -0.3 is 4.42 Å². The Balaban J connectivity index is 2.47. The van der Waals surface area contributed by atoms with E-state index in [-0.39, 0.29) is 17.2 Å². The first-order valence-electron chi connectivity index (χ1n) is 4.63. The molecule has 16 heavy (non-hydrogen) atoms. The first-order chi connectivity index (χ1) is 7.59. The molecule has 1 aromatic heterocycles. The van der Waals surface area contributed by atoms with Crippen LogP contribution in [0.15, 0.2) is 28.8 Å². The first kappa shape index (κ1) is 11.1. The molecule has 0 aliphatic rings. The highest BCUT2D eigenvalue weighted by molar-refractivity contribution is 6.20. The Hall–Kier alpha value is -1.42. The third-order valence-corrected chi connectivity index (χ3v) is 2.27. The number of halogens is 3. The average molecular weight is 244 g/mol. The van der Waals surface area contributed by atoms with Crippen molar-refractivity contribution in [1.82, 2.24) is 4.98 Å². The summed E-state index contributed by atoms with van der Waals surface area (Å²) in [5.41, 5.74) is 0.0380. The minimum absolute atomic E-state index is 0.0380. The minimum Gasteiger partial charge on any atom is -0.439 e. The van der Waals surface area contributed by atoms with Crippen LogP contribution in [-0.2, 0) is 0 Å². The molecule has 0 N–H and O–H groups in total. The van der Waals surface area contributed by atoms with Gasteiger partial charge in [0.25, 0.3) is 0 Å². The van der Waals surface area contributed by atoms with E-state index in [0.717, 1.165) is 6.07 Å². The Morgan fingerprint density at radius 2 is 2.12 bits per heavy atom. The summed E-state index contributed by atoms with van der Waals surface area (Å²) in [5, 5.41) is -0.412. The molecule has 1 atom stereocenters. The van der Waals surface area contributed by atoms with Crippen molar-refractivity contribution in [2.75, 3.05) is 0 Å². The van der Waals surface area contributed by atoms with Gasteiger partial charge in [0.15, 0.2) is 17.4 Å². The van der Waals surface area contributed by atoms with Crippen LogP contribution in [0.3, 0.4) is 0 Å². The van der Waals surface area contributed by atoms with Crippen molar-refractivity contribution < 1.29 is 13.2 Å². The van der Waals surface area contributed by atoms with E-state index in [4.69, 9.17) is 16.0 Å². The molecule has 0 aliphatic carbocycles. The van der Waals surface area contributed by atoms with Gasteiger partial charge in [0.1, 0.15) is 5.38 Å². The van der Waals surface area contributed by atoms with Gasteiger partial charge in [-0.15, -0.1) is 11.6 Å². The van der Waals surface area contributed by atoms with Gasteiger partial charge in [-0.25, -0.2) is 13.8 Å². The van der Waals surface area contributed by atoms with E-state index in [9.17, 15) is 8.78 Å². The SMILES string of the molecule is CC(Cl)c1ncc(-c2cccc(F)c2F)o1. The van der Waals surface area contributed by atoms with Crippen LogP contribution in [0, 0.1) is 11.6 Å². The fourth-order valence-electron chi connectivity index (χ4n) is 1.29. The van der Waals surface area contributed by atoms with Gasteiger partial charge in [-0.05, 0) is 19.1 Å². The average Bonchev–Trinajstić information content (AvgIpc) is 2.71. The maximum atomic E-state index is 13.4. The highest BCUT2D eigenvalue weighted by Crippen LogP contribution is 2.28. The Morgan fingerprint density at radius 3 is 2.75 bits per heavy atom. The zero-order chi connectivity index (χ0) is 11.7. The highest BCUT2D eigenvalue weighted by Gasteiger charge is 2.15. The lowest BCUT2D eigenvalue weighted by Crippen LogP contribution is -1.87. The Kier molecular flexibility index (Phi) is 2.92. The molecule has 0 radical (unpaired) electrons. The fraction of sp³-hybridized carbons (Fsp3) is 0.182. The maximum Gasteiger partial charge on any atom is 0.212 e. The molecule has 1 heterocycles. The predicted octanol–water partition coefficient (Wildman–Crippen LogP) is 3.92. The molecule has 1 aromatic carbocycles. The molecule has 2 rings (SSSR count). The zero-order valence-electron chi connectivity index (χ0n) is 8.38. The molecule has 2 nitrogen and oxygen atoms in total. The zero-order valence-corrected chi connectivity index (χ0v) is 9.13. The van der Waals surface area contributed by atoms with Crippen molar-refractivity contribution in [3.05, 3.63) is 41.9 Å². The summed E-state index contributed by atoms with van der Waals surface area (Å²) in [5.74, 6) is -1.43. The van der Waals surface area contributed by atoms with Gasteiger partial charge in [-0.3, -0.25) is 0 Å². The lowest BCUT2D eigenvalue weighted by atomic mass is 10.2. The maximum absolute atomic E-state index is 13.4. The molecule has 0 saturated heterocycles. The van der Waals surface area contributed by atoms with Crippen LogP contribution in [0.5, 0.6) is 0 Å². The van der Waals surface area contributed by atoms with Crippen LogP contribution in [0.2, 0.25) is 0 Å². The van der Waals surface area contributed by atoms with E-state index in [1.807, 2.05) is 0 Å². The number of hydrogen-bond donors (Lipinski definition) is 0. The molecule has 0 spiro atoms. The van der Waals surface area contributed by atoms with E-state index in [1.54, 1.807) is 6.92 Å². The summed E-state index contributed by atoms with van der Waals surface area (Å²) in [6.45, 7) is 1.68. The van der Waals surface area contributed by atoms with Crippen LogP contribution in [0.25, 0.3) is 11.3 Å². The third kappa shape index (κ3) is 1.93. The van der Waals surface area contributed by atoms with E-state index < -0.39 is 17.0 Å². The van der Waals surface area contributed by atoms with E-state index in [0.29, 0.717) is 0 Å². The molecule has 84 valence electrons. The number of aromatic nitrogens is 1. The molecular formula is C11H8ClF2NO. The first-order valence-corrected chi connectivity index (χ1v) is 5.07. The monoisotopic (exact) mass is 243 g/mol. The van der Waals surface area contributed by atoms with Crippen LogP contribution >= 0.6 is 11.6 Å². The molecule has 1 unspecified atom stereocenters. The number of oxazole rings is 1. The predicted molar refractivity (Wildman–Crippen MR) is 56.1 cm³/mol. The number of nitrogens with zero attached hydrogens (tertiary/aromatic N) is 1. The largest absolute Gasteiger partial charge is 0.439 e. The Labute approximate surface area is 95.9 Å². The van der Waals surface area contributed by atoms with Gasteiger partial charge in [-0.2, -0.15) is 0 Å². The number of hydrogen-bond acceptors (Lipinski definition) is 2. The summed E-state index contributed by atoms with van der Waals surface area (Å²) < 4.78 is 31.6. The second kappa shape index (κ2) is 4.22. The molecule has 0 saturated carbocycles. The van der Waals surface area contributed by atoms with E-state index in [1.165, 1.54) is 18.3 Å². The molecule has 0 fully saturated rings. The van der Waals surface area contributed by atoms with E-state index in [2.05, 4.69) is 4.98 Å². The lowest BCUT2D eigenvalue weighted by Gasteiger charge is -1.99. The highest BCUT2D eigenvalue weighted by atomic mass is 35.5. The third-order valence-electron chi connectivity index (χ3n) is 2.08. The Bertz CT molecular complexity index is 510. The second-order valence-corrected chi connectivity index (χ2v) is 3.93. The molecule has 0 aliphatic heterocycles. The van der Waals surface area contributed by atoms with Crippen LogP contribution in [-0.4, -0.2) is 4.98 Å². The van der Waals surface area contributed by atoms with Crippen LogP contribution in [0.1, 0.15) is 18.2 Å². The minimum atomic E-state index is -0.951. The molecule has 2 aromatic rings. The lowest BCUT2D eigenvalue weighted by molar-refractivity contribution is 0.488. The van der Waals surface area contributed by atoms with Crippen molar-refractivity contribution >= 4 is 11.6 Å². The van der Waals surface area contributed by atoms with Crippen molar-refractivity contribution in [3.8, 4) is 11.3 Å². The van der Waals surface area contributed by atoms with Crippen LogP contribution < -0.4 is 0 Å². The normalized spacial score (nSPS) is 12.8. The summed E-state index contributed by atoms with van der Waals surface area (Å²) in [6.07, 6.45) is 1.33. The number of rotatable bonds is 2. The molecule has 0 amide bonds. The number of benzene rings is 1. The van der Waals surface area contributed by atoms with Crippen molar-refractivity contribution in [2.24, 2.45) is 0 Å². The summed E-state index contributed by atoms with van der Waals surface area (Å²) in [6, 6.07) is 3.86. The fourth-order valence-corrected chi connectivity index (χ4v) is 1.39. The van der Waals surface area contributed by atoms with Gasteiger partial charge in [0.2, 0.25) is 5.89 Å². The Morgan fingerprint density at radius 1 is 1.38 bits per heavy atom. The van der Waals surface area contributed by atoms with Crippen molar-refractivity contribution in [2.45, 2.75) is 12.3 Å². The molecule has 0 bridgehead atoms. The topological polar surface area (TPSA) is 26.0 Å². The summed E-state index contributed by atoms with van der Waals surface area (Å²) in [7, 11) is 0. The van der Waals surface area contributed by atoms with Crippen molar-refractivity contribution in [1.29, 1.82) is 0 Å². The second-order valence-electron chi connectivity index (χ2n) is 3.28. The molecular weight excluding hydrogens is 236 g/mol. The van der Waals surface area contributed by atoms with Gasteiger partial charge in [-0.1, -0.05) is 6.07 Å². The smallest absolute Gasteiger partial charge is 0.212 e. The molecule has 5 heteroatoms.